The lowest BCUT2D eigenvalue weighted by atomic mass is 9.78. The minimum atomic E-state index is -1.15. The minimum Gasteiger partial charge on any atom is -0.458 e. The maximum atomic E-state index is 14.2. The van der Waals surface area contributed by atoms with E-state index in [0.717, 1.165) is 0 Å². The number of methoxy groups -OCH3 is 1. The van der Waals surface area contributed by atoms with Crippen LogP contribution in [0.3, 0.4) is 0 Å². The number of aliphatic hydroxyl groups is 1. The fourth-order valence-electron chi connectivity index (χ4n) is 7.90. The number of rotatable bonds is 8. The standard InChI is InChI=1S/C35H64N4O9/c1-14-26-35(9)29(37-33(43)48-35)23(7)39(12)18-20(4)16-34(8,44-13)30(21(5)27(40)22(6)31(42)46-26)47-32-28(41)25(38(10)11)15-24(45-32)17-36-19(2)3/h19-26,28-30,32,36,41H,14-18H2,1-13H3,(H,37,43)/t20-,21+,22?,23-,24+,25+,26-,28-,29-,30-,32+,34-,35-/m1/s1. The van der Waals surface area contributed by atoms with Gasteiger partial charge in [-0.05, 0) is 74.0 Å². The predicted molar refractivity (Wildman–Crippen MR) is 181 cm³/mol. The van der Waals surface area contributed by atoms with E-state index in [2.05, 4.69) is 36.3 Å². The average Bonchev–Trinajstić information content (AvgIpc) is 3.33. The van der Waals surface area contributed by atoms with Crippen LogP contribution in [0.2, 0.25) is 0 Å². The number of Topliss-reactive ketones (excluding diaryl/α,β-unsaturated/α-hetero) is 1. The fraction of sp³-hybridized carbons (Fsp3) is 0.914. The number of amides is 1. The highest BCUT2D eigenvalue weighted by Gasteiger charge is 2.56. The van der Waals surface area contributed by atoms with Gasteiger partial charge in [0.05, 0.1) is 23.9 Å². The molecule has 3 rings (SSSR count). The molecule has 0 aromatic carbocycles. The zero-order valence-electron chi connectivity index (χ0n) is 31.6. The number of hydrogen-bond donors (Lipinski definition) is 3. The number of cyclic esters (lactones) is 1. The number of esters is 1. The fourth-order valence-corrected chi connectivity index (χ4v) is 7.90. The highest BCUT2D eigenvalue weighted by Crippen LogP contribution is 2.38. The lowest BCUT2D eigenvalue weighted by Gasteiger charge is -2.47. The summed E-state index contributed by atoms with van der Waals surface area (Å²) in [5.74, 6) is -3.04. The zero-order chi connectivity index (χ0) is 36.3. The van der Waals surface area contributed by atoms with Crippen LogP contribution in [-0.4, -0.2) is 140 Å². The second-order valence-corrected chi connectivity index (χ2v) is 15.5. The van der Waals surface area contributed by atoms with Gasteiger partial charge in [-0.15, -0.1) is 0 Å². The molecule has 0 aromatic rings. The molecular formula is C35H64N4O9. The number of aliphatic hydroxyl groups excluding tert-OH is 1. The Hall–Kier alpha value is -1.87. The molecule has 48 heavy (non-hydrogen) atoms. The third kappa shape index (κ3) is 8.88. The molecule has 3 aliphatic rings. The molecule has 0 saturated carbocycles. The van der Waals surface area contributed by atoms with Crippen molar-refractivity contribution < 1.29 is 43.2 Å². The van der Waals surface area contributed by atoms with E-state index in [-0.39, 0.29) is 35.9 Å². The topological polar surface area (TPSA) is 148 Å². The molecule has 13 nitrogen and oxygen atoms in total. The second-order valence-electron chi connectivity index (χ2n) is 15.5. The van der Waals surface area contributed by atoms with Crippen molar-refractivity contribution in [3.8, 4) is 0 Å². The number of carbonyl (C=O) groups is 3. The van der Waals surface area contributed by atoms with Crippen LogP contribution in [0, 0.1) is 17.8 Å². The first-order chi connectivity index (χ1) is 22.3. The number of nitrogens with one attached hydrogen (secondary N) is 2. The first-order valence-electron chi connectivity index (χ1n) is 17.7. The maximum Gasteiger partial charge on any atom is 0.408 e. The Morgan fingerprint density at radius 2 is 1.79 bits per heavy atom. The number of fused-ring (bicyclic) bond motifs is 1. The number of likely N-dealkylation sites (N-methyl/N-ethyl adjacent to an activating group) is 2. The van der Waals surface area contributed by atoms with Crippen molar-refractivity contribution in [2.75, 3.05) is 41.3 Å². The Labute approximate surface area is 288 Å². The van der Waals surface area contributed by atoms with Crippen molar-refractivity contribution in [2.24, 2.45) is 17.8 Å². The number of hydrogen-bond acceptors (Lipinski definition) is 12. The Morgan fingerprint density at radius 3 is 2.35 bits per heavy atom. The van der Waals surface area contributed by atoms with Crippen LogP contribution in [0.5, 0.6) is 0 Å². The molecule has 0 bridgehead atoms. The number of carbonyl (C=O) groups excluding carboxylic acids is 3. The molecule has 3 saturated heterocycles. The van der Waals surface area contributed by atoms with Crippen LogP contribution < -0.4 is 10.6 Å². The van der Waals surface area contributed by atoms with E-state index in [0.29, 0.717) is 32.4 Å². The van der Waals surface area contributed by atoms with E-state index in [9.17, 15) is 19.5 Å². The second kappa shape index (κ2) is 16.4. The quantitative estimate of drug-likeness (QED) is 0.255. The number of alkyl carbamates (subject to hydrolysis) is 1. The molecule has 0 spiro atoms. The van der Waals surface area contributed by atoms with E-state index in [4.69, 9.17) is 23.7 Å². The van der Waals surface area contributed by atoms with Crippen LogP contribution >= 0.6 is 0 Å². The van der Waals surface area contributed by atoms with Gasteiger partial charge in [-0.25, -0.2) is 4.79 Å². The van der Waals surface area contributed by atoms with Gasteiger partial charge in [0.2, 0.25) is 0 Å². The highest BCUT2D eigenvalue weighted by atomic mass is 16.7. The van der Waals surface area contributed by atoms with Crippen molar-refractivity contribution >= 4 is 17.8 Å². The SMILES string of the molecule is CC[C@H]1OC(=O)C(C)C(=O)[C@H](C)[C@@H](O[C@@H]2O[C@H](CNC(C)C)C[C@H](N(C)C)[C@H]2O)[C@](C)(OC)C[C@@H](C)CN(C)[C@H](C)[C@H]2NC(=O)O[C@@]21C. The zero-order valence-corrected chi connectivity index (χ0v) is 31.6. The summed E-state index contributed by atoms with van der Waals surface area (Å²) in [6.07, 6.45) is -3.07. The molecule has 278 valence electrons. The normalized spacial score (nSPS) is 42.5. The van der Waals surface area contributed by atoms with Crippen LogP contribution in [-0.2, 0) is 33.3 Å². The first-order valence-corrected chi connectivity index (χ1v) is 17.7. The van der Waals surface area contributed by atoms with E-state index >= 15 is 0 Å². The van der Waals surface area contributed by atoms with Gasteiger partial charge in [-0.1, -0.05) is 34.6 Å². The Bertz CT molecular complexity index is 1110. The first kappa shape index (κ1) is 40.6. The number of ketones is 1. The van der Waals surface area contributed by atoms with E-state index in [1.165, 1.54) is 6.92 Å². The molecule has 0 radical (unpaired) electrons. The van der Waals surface area contributed by atoms with E-state index in [1.54, 1.807) is 21.0 Å². The summed E-state index contributed by atoms with van der Waals surface area (Å²) in [6.45, 7) is 18.3. The van der Waals surface area contributed by atoms with Gasteiger partial charge in [0, 0.05) is 44.2 Å². The average molecular weight is 685 g/mol. The lowest BCUT2D eigenvalue weighted by Crippen LogP contribution is -2.60. The van der Waals surface area contributed by atoms with Crippen molar-refractivity contribution in [3.05, 3.63) is 0 Å². The molecule has 0 aliphatic carbocycles. The van der Waals surface area contributed by atoms with Crippen molar-refractivity contribution in [1.82, 2.24) is 20.4 Å². The third-order valence-electron chi connectivity index (χ3n) is 11.0. The van der Waals surface area contributed by atoms with Crippen LogP contribution in [0.15, 0.2) is 0 Å². The summed E-state index contributed by atoms with van der Waals surface area (Å²) >= 11 is 0. The molecule has 3 heterocycles. The summed E-state index contributed by atoms with van der Waals surface area (Å²) in [6, 6.07) is -0.669. The molecule has 3 fully saturated rings. The third-order valence-corrected chi connectivity index (χ3v) is 11.0. The predicted octanol–water partition coefficient (Wildman–Crippen LogP) is 2.57. The number of ether oxygens (including phenoxy) is 5. The molecule has 1 unspecified atom stereocenters. The summed E-state index contributed by atoms with van der Waals surface area (Å²) < 4.78 is 31.2. The summed E-state index contributed by atoms with van der Waals surface area (Å²) in [5, 5.41) is 17.9. The molecule has 3 aliphatic heterocycles. The molecular weight excluding hydrogens is 620 g/mol. The molecule has 0 aromatic heterocycles. The monoisotopic (exact) mass is 684 g/mol. The van der Waals surface area contributed by atoms with Gasteiger partial charge >= 0.3 is 12.1 Å². The molecule has 13 heteroatoms. The molecule has 13 atom stereocenters. The van der Waals surface area contributed by atoms with E-state index in [1.807, 2.05) is 46.8 Å². The van der Waals surface area contributed by atoms with Crippen LogP contribution in [0.25, 0.3) is 0 Å². The van der Waals surface area contributed by atoms with Gasteiger partial charge in [0.25, 0.3) is 0 Å². The summed E-state index contributed by atoms with van der Waals surface area (Å²) in [5.41, 5.74) is -2.18. The van der Waals surface area contributed by atoms with Gasteiger partial charge in [0.1, 0.15) is 18.1 Å². The van der Waals surface area contributed by atoms with Crippen LogP contribution in [0.1, 0.15) is 81.6 Å². The van der Waals surface area contributed by atoms with Crippen molar-refractivity contribution in [1.29, 1.82) is 0 Å². The van der Waals surface area contributed by atoms with Crippen molar-refractivity contribution in [2.45, 2.75) is 148 Å². The smallest absolute Gasteiger partial charge is 0.408 e. The van der Waals surface area contributed by atoms with Gasteiger partial charge < -0.3 is 49.2 Å². The minimum absolute atomic E-state index is 0.0391. The molecule has 1 amide bonds. The van der Waals surface area contributed by atoms with Crippen molar-refractivity contribution in [3.63, 3.8) is 0 Å². The lowest BCUT2D eigenvalue weighted by molar-refractivity contribution is -0.297. The Morgan fingerprint density at radius 1 is 1.15 bits per heavy atom. The maximum absolute atomic E-state index is 14.2. The summed E-state index contributed by atoms with van der Waals surface area (Å²) in [7, 11) is 7.42. The van der Waals surface area contributed by atoms with Gasteiger partial charge in [-0.2, -0.15) is 0 Å². The number of nitrogens with zero attached hydrogens (tertiary/aromatic N) is 2. The van der Waals surface area contributed by atoms with Gasteiger partial charge in [0.15, 0.2) is 17.7 Å². The summed E-state index contributed by atoms with van der Waals surface area (Å²) in [4.78, 5) is 44.6. The van der Waals surface area contributed by atoms with E-state index < -0.39 is 65.7 Å². The Balaban J connectivity index is 2.05. The van der Waals surface area contributed by atoms with Crippen LogP contribution in [0.4, 0.5) is 4.79 Å². The highest BCUT2D eigenvalue weighted by molar-refractivity contribution is 6.00. The van der Waals surface area contributed by atoms with Gasteiger partial charge in [-0.3, -0.25) is 9.59 Å². The largest absolute Gasteiger partial charge is 0.458 e. The molecule has 3 N–H and O–H groups in total. The Kier molecular flexibility index (Phi) is 13.9.